The lowest BCUT2D eigenvalue weighted by Crippen LogP contribution is -2.12. The van der Waals surface area contributed by atoms with Crippen LogP contribution in [-0.4, -0.2) is 35.7 Å². The number of ether oxygens (including phenoxy) is 2. The van der Waals surface area contributed by atoms with Crippen molar-refractivity contribution in [2.45, 2.75) is 70.8 Å². The van der Waals surface area contributed by atoms with Crippen LogP contribution in [0.5, 0.6) is 0 Å². The molecule has 0 heterocycles. The van der Waals surface area contributed by atoms with Gasteiger partial charge in [0.2, 0.25) is 0 Å². The maximum Gasteiger partial charge on any atom is 0.330 e. The molecule has 0 saturated heterocycles. The molecule has 1 atom stereocenters. The lowest BCUT2D eigenvalue weighted by Gasteiger charge is -2.11. The number of carbonyl (C=O) groups is 3. The summed E-state index contributed by atoms with van der Waals surface area (Å²) >= 11 is 0. The SMILES string of the molecule is C=CC(=O)OC(C)CCCCCOC(=O)CCCCCC(=O)O. The number of hydrogen-bond donors (Lipinski definition) is 1. The molecule has 0 aromatic carbocycles. The first-order valence-electron chi connectivity index (χ1n) is 8.16. The molecule has 0 fully saturated rings. The summed E-state index contributed by atoms with van der Waals surface area (Å²) in [7, 11) is 0. The summed E-state index contributed by atoms with van der Waals surface area (Å²) in [6.45, 7) is 5.58. The molecular formula is C17H28O6. The van der Waals surface area contributed by atoms with E-state index in [9.17, 15) is 14.4 Å². The molecule has 0 rings (SSSR count). The second kappa shape index (κ2) is 13.8. The lowest BCUT2D eigenvalue weighted by molar-refractivity contribution is -0.144. The Morgan fingerprint density at radius 1 is 1.04 bits per heavy atom. The van der Waals surface area contributed by atoms with E-state index >= 15 is 0 Å². The molecule has 0 aliphatic heterocycles. The van der Waals surface area contributed by atoms with Crippen molar-refractivity contribution in [3.05, 3.63) is 12.7 Å². The number of carboxylic acid groups (broad SMARTS) is 1. The van der Waals surface area contributed by atoms with Crippen LogP contribution in [-0.2, 0) is 23.9 Å². The van der Waals surface area contributed by atoms with E-state index in [-0.39, 0.29) is 18.5 Å². The summed E-state index contributed by atoms with van der Waals surface area (Å²) in [5.41, 5.74) is 0. The van der Waals surface area contributed by atoms with E-state index in [1.807, 2.05) is 6.92 Å². The Kier molecular flexibility index (Phi) is 12.7. The monoisotopic (exact) mass is 328 g/mol. The Labute approximate surface area is 137 Å². The van der Waals surface area contributed by atoms with Crippen molar-refractivity contribution in [3.63, 3.8) is 0 Å². The van der Waals surface area contributed by atoms with Crippen molar-refractivity contribution >= 4 is 17.9 Å². The Morgan fingerprint density at radius 3 is 2.35 bits per heavy atom. The van der Waals surface area contributed by atoms with Crippen LogP contribution in [0.4, 0.5) is 0 Å². The highest BCUT2D eigenvalue weighted by Crippen LogP contribution is 2.08. The van der Waals surface area contributed by atoms with E-state index in [1.165, 1.54) is 0 Å². The molecule has 0 radical (unpaired) electrons. The van der Waals surface area contributed by atoms with Gasteiger partial charge in [-0.05, 0) is 45.4 Å². The normalized spacial score (nSPS) is 11.5. The molecule has 1 unspecified atom stereocenters. The van der Waals surface area contributed by atoms with Gasteiger partial charge in [-0.1, -0.05) is 13.0 Å². The Hall–Kier alpha value is -1.85. The molecule has 0 aromatic heterocycles. The minimum Gasteiger partial charge on any atom is -0.481 e. The van der Waals surface area contributed by atoms with Crippen molar-refractivity contribution in [1.82, 2.24) is 0 Å². The van der Waals surface area contributed by atoms with Gasteiger partial charge in [0.05, 0.1) is 12.7 Å². The first-order chi connectivity index (χ1) is 11.0. The first kappa shape index (κ1) is 21.1. The first-order valence-corrected chi connectivity index (χ1v) is 8.16. The van der Waals surface area contributed by atoms with Crippen molar-refractivity contribution in [1.29, 1.82) is 0 Å². The highest BCUT2D eigenvalue weighted by atomic mass is 16.5. The molecule has 0 amide bonds. The molecule has 0 saturated carbocycles. The third-order valence-corrected chi connectivity index (χ3v) is 3.27. The minimum atomic E-state index is -0.804. The van der Waals surface area contributed by atoms with Crippen molar-refractivity contribution in [3.8, 4) is 0 Å². The van der Waals surface area contributed by atoms with Crippen LogP contribution in [0.3, 0.4) is 0 Å². The molecule has 0 bridgehead atoms. The van der Waals surface area contributed by atoms with Crippen LogP contribution in [0.2, 0.25) is 0 Å². The van der Waals surface area contributed by atoms with Gasteiger partial charge in [0.15, 0.2) is 0 Å². The van der Waals surface area contributed by atoms with Crippen LogP contribution < -0.4 is 0 Å². The Bertz CT molecular complexity index is 377. The summed E-state index contributed by atoms with van der Waals surface area (Å²) < 4.78 is 10.1. The lowest BCUT2D eigenvalue weighted by atomic mass is 10.1. The van der Waals surface area contributed by atoms with Gasteiger partial charge in [-0.3, -0.25) is 9.59 Å². The predicted octanol–water partition coefficient (Wildman–Crippen LogP) is 3.24. The number of aliphatic carboxylic acids is 1. The summed E-state index contributed by atoms with van der Waals surface area (Å²) in [5.74, 6) is -1.44. The smallest absolute Gasteiger partial charge is 0.330 e. The van der Waals surface area contributed by atoms with Gasteiger partial charge in [0.1, 0.15) is 0 Å². The Morgan fingerprint density at radius 2 is 1.70 bits per heavy atom. The van der Waals surface area contributed by atoms with Gasteiger partial charge in [0, 0.05) is 18.9 Å². The summed E-state index contributed by atoms with van der Waals surface area (Å²) in [6, 6.07) is 0. The quantitative estimate of drug-likeness (QED) is 0.299. The average molecular weight is 328 g/mol. The van der Waals surface area contributed by atoms with E-state index in [4.69, 9.17) is 14.6 Å². The fourth-order valence-electron chi connectivity index (χ4n) is 2.00. The zero-order chi connectivity index (χ0) is 17.5. The molecule has 6 heteroatoms. The maximum atomic E-state index is 11.4. The number of hydrogen-bond acceptors (Lipinski definition) is 5. The number of esters is 2. The molecule has 6 nitrogen and oxygen atoms in total. The standard InChI is InChI=1S/C17H28O6/c1-3-16(20)23-14(2)10-6-5-9-13-22-17(21)12-8-4-7-11-15(18)19/h3,14H,1,4-13H2,2H3,(H,18,19). The zero-order valence-corrected chi connectivity index (χ0v) is 13.9. The Balaban J connectivity index is 3.40. The fraction of sp³-hybridized carbons (Fsp3) is 0.706. The van der Waals surface area contributed by atoms with Crippen LogP contribution in [0.15, 0.2) is 12.7 Å². The highest BCUT2D eigenvalue weighted by molar-refractivity contribution is 5.81. The third-order valence-electron chi connectivity index (χ3n) is 3.27. The van der Waals surface area contributed by atoms with Crippen LogP contribution in [0.25, 0.3) is 0 Å². The topological polar surface area (TPSA) is 89.9 Å². The second-order valence-corrected chi connectivity index (χ2v) is 5.48. The number of carboxylic acids is 1. The zero-order valence-electron chi connectivity index (χ0n) is 13.9. The van der Waals surface area contributed by atoms with Gasteiger partial charge in [0.25, 0.3) is 0 Å². The molecule has 0 spiro atoms. The molecule has 132 valence electrons. The molecular weight excluding hydrogens is 300 g/mol. The van der Waals surface area contributed by atoms with Crippen LogP contribution in [0.1, 0.15) is 64.7 Å². The average Bonchev–Trinajstić information content (AvgIpc) is 2.49. The maximum absolute atomic E-state index is 11.4. The van der Waals surface area contributed by atoms with Gasteiger partial charge in [-0.25, -0.2) is 4.79 Å². The van der Waals surface area contributed by atoms with E-state index in [1.54, 1.807) is 0 Å². The molecule has 0 aliphatic carbocycles. The van der Waals surface area contributed by atoms with Gasteiger partial charge >= 0.3 is 17.9 Å². The molecule has 1 N–H and O–H groups in total. The molecule has 23 heavy (non-hydrogen) atoms. The minimum absolute atomic E-state index is 0.131. The van der Waals surface area contributed by atoms with E-state index < -0.39 is 11.9 Å². The van der Waals surface area contributed by atoms with Crippen molar-refractivity contribution < 1.29 is 29.0 Å². The van der Waals surface area contributed by atoms with Crippen LogP contribution >= 0.6 is 0 Å². The van der Waals surface area contributed by atoms with E-state index in [2.05, 4.69) is 6.58 Å². The summed E-state index contributed by atoms with van der Waals surface area (Å²) in [5, 5.41) is 8.48. The van der Waals surface area contributed by atoms with Gasteiger partial charge in [-0.15, -0.1) is 0 Å². The van der Waals surface area contributed by atoms with E-state index in [0.29, 0.717) is 25.9 Å². The largest absolute Gasteiger partial charge is 0.481 e. The van der Waals surface area contributed by atoms with Crippen molar-refractivity contribution in [2.24, 2.45) is 0 Å². The van der Waals surface area contributed by atoms with Gasteiger partial charge in [-0.2, -0.15) is 0 Å². The van der Waals surface area contributed by atoms with Crippen LogP contribution in [0, 0.1) is 0 Å². The second-order valence-electron chi connectivity index (χ2n) is 5.48. The number of rotatable bonds is 14. The van der Waals surface area contributed by atoms with Crippen molar-refractivity contribution in [2.75, 3.05) is 6.61 Å². The van der Waals surface area contributed by atoms with Gasteiger partial charge < -0.3 is 14.6 Å². The predicted molar refractivity (Wildman–Crippen MR) is 85.9 cm³/mol. The summed E-state index contributed by atoms with van der Waals surface area (Å²) in [6.07, 6.45) is 6.86. The fourth-order valence-corrected chi connectivity index (χ4v) is 2.00. The highest BCUT2D eigenvalue weighted by Gasteiger charge is 2.06. The summed E-state index contributed by atoms with van der Waals surface area (Å²) in [4.78, 5) is 32.7. The third kappa shape index (κ3) is 14.8. The van der Waals surface area contributed by atoms with E-state index in [0.717, 1.165) is 38.2 Å². The molecule has 0 aromatic rings. The number of carbonyl (C=O) groups excluding carboxylic acids is 2. The molecule has 0 aliphatic rings. The number of unbranched alkanes of at least 4 members (excludes halogenated alkanes) is 4.